The molecular formula is C18H30O4SSi. The minimum Gasteiger partial charge on any atom is -0.414 e. The van der Waals surface area contributed by atoms with Gasteiger partial charge < -0.3 is 18.6 Å². The Hall–Kier alpha value is -0.243. The quantitative estimate of drug-likeness (QED) is 0.718. The number of rotatable bonds is 4. The van der Waals surface area contributed by atoms with Gasteiger partial charge in [-0.2, -0.15) is 0 Å². The average molecular weight is 371 g/mol. The highest BCUT2D eigenvalue weighted by Gasteiger charge is 2.56. The molecule has 2 aliphatic rings. The molecule has 0 N–H and O–H groups in total. The van der Waals surface area contributed by atoms with E-state index in [0.29, 0.717) is 6.61 Å². The van der Waals surface area contributed by atoms with Crippen LogP contribution >= 0.6 is 11.3 Å². The van der Waals surface area contributed by atoms with Gasteiger partial charge in [0.2, 0.25) is 0 Å². The zero-order valence-corrected chi connectivity index (χ0v) is 17.6. The summed E-state index contributed by atoms with van der Waals surface area (Å²) in [7, 11) is -1.81. The van der Waals surface area contributed by atoms with Crippen LogP contribution in [0.4, 0.5) is 0 Å². The number of ether oxygens (including phenoxy) is 3. The first-order valence-electron chi connectivity index (χ1n) is 8.69. The van der Waals surface area contributed by atoms with Crippen LogP contribution in [0.3, 0.4) is 0 Å². The number of hydrogen-bond donors (Lipinski definition) is 0. The Bertz CT molecular complexity index is 564. The van der Waals surface area contributed by atoms with Gasteiger partial charge in [0.1, 0.15) is 24.4 Å². The van der Waals surface area contributed by atoms with Crippen molar-refractivity contribution in [3.05, 3.63) is 22.4 Å². The molecule has 0 amide bonds. The molecule has 3 rings (SSSR count). The lowest BCUT2D eigenvalue weighted by Crippen LogP contribution is -2.44. The Labute approximate surface area is 150 Å². The predicted octanol–water partition coefficient (Wildman–Crippen LogP) is 4.73. The first kappa shape index (κ1) is 18.5. The van der Waals surface area contributed by atoms with Crippen molar-refractivity contribution in [1.82, 2.24) is 0 Å². The van der Waals surface area contributed by atoms with Crippen molar-refractivity contribution in [2.45, 2.75) is 83.0 Å². The lowest BCUT2D eigenvalue weighted by molar-refractivity contribution is -0.190. The van der Waals surface area contributed by atoms with Gasteiger partial charge in [0, 0.05) is 4.88 Å². The maximum atomic E-state index is 6.40. The molecule has 0 aliphatic carbocycles. The van der Waals surface area contributed by atoms with E-state index in [2.05, 4.69) is 51.4 Å². The monoisotopic (exact) mass is 370 g/mol. The van der Waals surface area contributed by atoms with E-state index >= 15 is 0 Å². The van der Waals surface area contributed by atoms with Crippen LogP contribution in [-0.4, -0.2) is 39.0 Å². The van der Waals surface area contributed by atoms with Crippen LogP contribution in [0.1, 0.15) is 45.6 Å². The Kier molecular flexibility index (Phi) is 4.77. The largest absolute Gasteiger partial charge is 0.414 e. The summed E-state index contributed by atoms with van der Waals surface area (Å²) in [6, 6.07) is 4.16. The Morgan fingerprint density at radius 1 is 1.21 bits per heavy atom. The van der Waals surface area contributed by atoms with E-state index in [1.807, 2.05) is 13.8 Å². The topological polar surface area (TPSA) is 36.9 Å². The summed E-state index contributed by atoms with van der Waals surface area (Å²) in [6.07, 6.45) is -0.286. The van der Waals surface area contributed by atoms with Crippen molar-refractivity contribution in [1.29, 1.82) is 0 Å². The lowest BCUT2D eigenvalue weighted by atomic mass is 10.1. The third-order valence-corrected chi connectivity index (χ3v) is 10.8. The number of hydrogen-bond acceptors (Lipinski definition) is 5. The first-order chi connectivity index (χ1) is 11.0. The van der Waals surface area contributed by atoms with E-state index in [1.165, 1.54) is 4.88 Å². The van der Waals surface area contributed by atoms with Gasteiger partial charge in [0.25, 0.3) is 0 Å². The van der Waals surface area contributed by atoms with Gasteiger partial charge in [-0.05, 0) is 43.4 Å². The Balaban J connectivity index is 1.74. The third kappa shape index (κ3) is 3.50. The molecule has 0 spiro atoms. The molecule has 1 aromatic rings. The predicted molar refractivity (Wildman–Crippen MR) is 98.9 cm³/mol. The van der Waals surface area contributed by atoms with E-state index in [4.69, 9.17) is 18.6 Å². The standard InChI is InChI=1S/C18H30O4SSi/c1-17(2,3)24(6,7)19-11-12-14-16(22-18(4,5)21-14)15(20-12)13-9-8-10-23-13/h8-10,12,14-16H,11H2,1-7H3/t12-,14-,15-,16-/m1/s1. The maximum absolute atomic E-state index is 6.40. The van der Waals surface area contributed by atoms with Crippen LogP contribution in [0, 0.1) is 0 Å². The van der Waals surface area contributed by atoms with Crippen LogP contribution in [0.15, 0.2) is 17.5 Å². The van der Waals surface area contributed by atoms with Crippen molar-refractivity contribution in [3.63, 3.8) is 0 Å². The Morgan fingerprint density at radius 2 is 1.88 bits per heavy atom. The molecule has 1 aromatic heterocycles. The van der Waals surface area contributed by atoms with E-state index in [1.54, 1.807) is 11.3 Å². The average Bonchev–Trinajstić information content (AvgIpc) is 3.10. The highest BCUT2D eigenvalue weighted by Crippen LogP contribution is 2.46. The van der Waals surface area contributed by atoms with Gasteiger partial charge in [-0.3, -0.25) is 0 Å². The van der Waals surface area contributed by atoms with Crippen LogP contribution in [0.25, 0.3) is 0 Å². The summed E-state index contributed by atoms with van der Waals surface area (Å²) < 4.78 is 25.0. The lowest BCUT2D eigenvalue weighted by Gasteiger charge is -2.37. The van der Waals surface area contributed by atoms with E-state index in [-0.39, 0.29) is 29.5 Å². The molecule has 0 bridgehead atoms. The van der Waals surface area contributed by atoms with Crippen LogP contribution in [0.2, 0.25) is 18.1 Å². The molecule has 0 aromatic carbocycles. The van der Waals surface area contributed by atoms with Crippen LogP contribution in [-0.2, 0) is 18.6 Å². The molecule has 136 valence electrons. The van der Waals surface area contributed by atoms with Crippen molar-refractivity contribution in [2.75, 3.05) is 6.61 Å². The van der Waals surface area contributed by atoms with Crippen LogP contribution in [0.5, 0.6) is 0 Å². The summed E-state index contributed by atoms with van der Waals surface area (Å²) >= 11 is 1.71. The molecule has 0 unspecified atom stereocenters. The molecule has 0 radical (unpaired) electrons. The van der Waals surface area contributed by atoms with Crippen molar-refractivity contribution >= 4 is 19.7 Å². The second kappa shape index (κ2) is 6.18. The van der Waals surface area contributed by atoms with Crippen molar-refractivity contribution in [3.8, 4) is 0 Å². The molecule has 4 nitrogen and oxygen atoms in total. The van der Waals surface area contributed by atoms with Gasteiger partial charge in [-0.15, -0.1) is 11.3 Å². The zero-order valence-electron chi connectivity index (χ0n) is 15.8. The molecule has 2 aliphatic heterocycles. The summed E-state index contributed by atoms with van der Waals surface area (Å²) in [5.41, 5.74) is 0. The molecule has 24 heavy (non-hydrogen) atoms. The molecule has 2 fully saturated rings. The first-order valence-corrected chi connectivity index (χ1v) is 12.5. The van der Waals surface area contributed by atoms with Crippen molar-refractivity contribution < 1.29 is 18.6 Å². The van der Waals surface area contributed by atoms with Gasteiger partial charge in [0.05, 0.1) is 6.61 Å². The van der Waals surface area contributed by atoms with Gasteiger partial charge >= 0.3 is 0 Å². The molecule has 3 heterocycles. The third-order valence-electron chi connectivity index (χ3n) is 5.39. The van der Waals surface area contributed by atoms with E-state index in [0.717, 1.165) is 0 Å². The van der Waals surface area contributed by atoms with E-state index in [9.17, 15) is 0 Å². The molecular weight excluding hydrogens is 340 g/mol. The minimum atomic E-state index is -1.81. The molecule has 0 saturated carbocycles. The van der Waals surface area contributed by atoms with Crippen molar-refractivity contribution in [2.24, 2.45) is 0 Å². The number of thiophene rings is 1. The van der Waals surface area contributed by atoms with Gasteiger partial charge in [-0.1, -0.05) is 26.8 Å². The molecule has 4 atom stereocenters. The molecule has 6 heteroatoms. The number of fused-ring (bicyclic) bond motifs is 1. The SMILES string of the molecule is CC1(C)O[C@@H]2[C@H](O1)[C@@H](CO[Si](C)(C)C(C)(C)C)O[C@@H]2c1cccs1. The fraction of sp³-hybridized carbons (Fsp3) is 0.778. The summed E-state index contributed by atoms with van der Waals surface area (Å²) in [5, 5.41) is 2.26. The fourth-order valence-electron chi connectivity index (χ4n) is 3.01. The Morgan fingerprint density at radius 3 is 2.46 bits per heavy atom. The summed E-state index contributed by atoms with van der Waals surface area (Å²) in [5.74, 6) is -0.566. The second-order valence-electron chi connectivity index (χ2n) is 8.75. The highest BCUT2D eigenvalue weighted by atomic mass is 32.1. The normalized spacial score (nSPS) is 33.0. The summed E-state index contributed by atoms with van der Waals surface area (Å²) in [4.78, 5) is 1.20. The minimum absolute atomic E-state index is 0.0633. The zero-order chi connectivity index (χ0) is 17.8. The van der Waals surface area contributed by atoms with Gasteiger partial charge in [-0.25, -0.2) is 0 Å². The van der Waals surface area contributed by atoms with Gasteiger partial charge in [0.15, 0.2) is 14.1 Å². The summed E-state index contributed by atoms with van der Waals surface area (Å²) in [6.45, 7) is 15.8. The van der Waals surface area contributed by atoms with Crippen LogP contribution < -0.4 is 0 Å². The fourth-order valence-corrected chi connectivity index (χ4v) is 4.81. The highest BCUT2D eigenvalue weighted by molar-refractivity contribution is 7.10. The second-order valence-corrected chi connectivity index (χ2v) is 14.5. The maximum Gasteiger partial charge on any atom is 0.192 e. The van der Waals surface area contributed by atoms with E-state index < -0.39 is 14.1 Å². The molecule has 2 saturated heterocycles. The smallest absolute Gasteiger partial charge is 0.192 e.